The quantitative estimate of drug-likeness (QED) is 0.490. The minimum Gasteiger partial charge on any atom is -0.481 e. The Morgan fingerprint density at radius 1 is 1.70 bits per heavy atom. The van der Waals surface area contributed by atoms with Crippen molar-refractivity contribution in [2.45, 2.75) is 18.8 Å². The van der Waals surface area contributed by atoms with Crippen molar-refractivity contribution in [1.82, 2.24) is 0 Å². The van der Waals surface area contributed by atoms with E-state index in [9.17, 15) is 9.59 Å². The zero-order chi connectivity index (χ0) is 10.9. The first kappa shape index (κ1) is 4.68. The predicted octanol–water partition coefficient (Wildman–Crippen LogP) is -0.737. The van der Waals surface area contributed by atoms with E-state index in [1.807, 2.05) is 0 Å². The van der Waals surface area contributed by atoms with E-state index in [0.29, 0.717) is 0 Å². The van der Waals surface area contributed by atoms with Crippen LogP contribution in [0.5, 0.6) is 0 Å². The van der Waals surface area contributed by atoms with Crippen LogP contribution in [0.3, 0.4) is 0 Å². The van der Waals surface area contributed by atoms with Gasteiger partial charge in [-0.1, -0.05) is 0 Å². The van der Waals surface area contributed by atoms with Gasteiger partial charge in [-0.15, -0.1) is 0 Å². The minimum absolute atomic E-state index is 1.11. The van der Waals surface area contributed by atoms with E-state index in [1.165, 1.54) is 0 Å². The van der Waals surface area contributed by atoms with Crippen molar-refractivity contribution in [2.24, 2.45) is 5.73 Å². The first-order valence-electron chi connectivity index (χ1n) is 3.85. The average Bonchev–Trinajstić information content (AvgIpc) is 1.83. The van der Waals surface area contributed by atoms with E-state index in [4.69, 9.17) is 20.1 Å². The van der Waals surface area contributed by atoms with Crippen molar-refractivity contribution in [1.29, 1.82) is 0 Å². The van der Waals surface area contributed by atoms with Gasteiger partial charge in [0.1, 0.15) is 6.02 Å². The van der Waals surface area contributed by atoms with Gasteiger partial charge in [-0.2, -0.15) is 0 Å². The van der Waals surface area contributed by atoms with Crippen molar-refractivity contribution < 1.29 is 23.9 Å². The lowest BCUT2D eigenvalue weighted by Crippen LogP contribution is -2.30. The number of carbonyl (C=O) groups is 2. The highest BCUT2D eigenvalue weighted by Crippen LogP contribution is 1.93. The highest BCUT2D eigenvalue weighted by molar-refractivity contribution is 5.74. The van der Waals surface area contributed by atoms with Crippen LogP contribution in [-0.4, -0.2) is 28.2 Å². The zero-order valence-corrected chi connectivity index (χ0v) is 5.00. The van der Waals surface area contributed by atoms with Crippen molar-refractivity contribution in [3.8, 4) is 0 Å². The summed E-state index contributed by atoms with van der Waals surface area (Å²) in [6, 6.07) is -2.62. The summed E-state index contributed by atoms with van der Waals surface area (Å²) in [5.74, 6) is -3.60. The second-order valence-electron chi connectivity index (χ2n) is 1.49. The molecular formula is C5H9NO4. The summed E-state index contributed by atoms with van der Waals surface area (Å²) in [6.07, 6.45) is -3.92. The number of aliphatic carboxylic acids is 2. The standard InChI is InChI=1S/C5H9NO4/c6-3(5(9)10)1-2-4(7)8/h3H,1-2,6H2,(H,7,8)(H,9,10)/t3-/m0/s1/i2D2,3D. The predicted molar refractivity (Wildman–Crippen MR) is 32.5 cm³/mol. The molecule has 58 valence electrons. The van der Waals surface area contributed by atoms with Crippen molar-refractivity contribution in [2.75, 3.05) is 0 Å². The molecule has 1 atom stereocenters. The molecule has 0 saturated carbocycles. The molecule has 0 amide bonds. The van der Waals surface area contributed by atoms with Crippen LogP contribution >= 0.6 is 0 Å². The maximum absolute atomic E-state index is 10.2. The van der Waals surface area contributed by atoms with E-state index in [2.05, 4.69) is 0 Å². The van der Waals surface area contributed by atoms with Gasteiger partial charge < -0.3 is 15.9 Å². The third kappa shape index (κ3) is 3.85. The largest absolute Gasteiger partial charge is 0.481 e. The van der Waals surface area contributed by atoms with Gasteiger partial charge in [0.2, 0.25) is 0 Å². The third-order valence-electron chi connectivity index (χ3n) is 0.705. The van der Waals surface area contributed by atoms with Crippen LogP contribution in [0.1, 0.15) is 16.9 Å². The molecule has 4 N–H and O–H groups in total. The third-order valence-corrected chi connectivity index (χ3v) is 0.705. The molecule has 0 aliphatic heterocycles. The lowest BCUT2D eigenvalue weighted by Gasteiger charge is -2.01. The number of rotatable bonds is 4. The Morgan fingerprint density at radius 2 is 2.20 bits per heavy atom. The van der Waals surface area contributed by atoms with Crippen LogP contribution in [-0.2, 0) is 9.59 Å². The second kappa shape index (κ2) is 3.84. The number of carboxylic acid groups (broad SMARTS) is 2. The van der Waals surface area contributed by atoms with Gasteiger partial charge >= 0.3 is 11.9 Å². The van der Waals surface area contributed by atoms with E-state index >= 15 is 0 Å². The Hall–Kier alpha value is -1.10. The smallest absolute Gasteiger partial charge is 0.320 e. The van der Waals surface area contributed by atoms with Gasteiger partial charge in [-0.3, -0.25) is 9.59 Å². The summed E-state index contributed by atoms with van der Waals surface area (Å²) < 4.78 is 20.6. The molecule has 0 heterocycles. The molecule has 0 radical (unpaired) electrons. The Labute approximate surface area is 61.7 Å². The zero-order valence-electron chi connectivity index (χ0n) is 8.00. The van der Waals surface area contributed by atoms with Crippen LogP contribution in [0.4, 0.5) is 0 Å². The fraction of sp³-hybridized carbons (Fsp3) is 0.600. The second-order valence-corrected chi connectivity index (χ2v) is 1.49. The van der Waals surface area contributed by atoms with Gasteiger partial charge in [0.25, 0.3) is 0 Å². The number of nitrogens with two attached hydrogens (primary N) is 1. The fourth-order valence-electron chi connectivity index (χ4n) is 0.246. The van der Waals surface area contributed by atoms with E-state index in [-0.39, 0.29) is 0 Å². The molecule has 0 aromatic rings. The highest BCUT2D eigenvalue weighted by Gasteiger charge is 2.12. The fourth-order valence-corrected chi connectivity index (χ4v) is 0.246. The van der Waals surface area contributed by atoms with E-state index < -0.39 is 30.8 Å². The summed E-state index contributed by atoms with van der Waals surface area (Å²) >= 11 is 0. The van der Waals surface area contributed by atoms with Gasteiger partial charge in [-0.25, -0.2) is 0 Å². The summed E-state index contributed by atoms with van der Waals surface area (Å²) in [5, 5.41) is 16.6. The monoisotopic (exact) mass is 150 g/mol. The molecule has 5 heteroatoms. The van der Waals surface area contributed by atoms with Crippen molar-refractivity contribution >= 4 is 11.9 Å². The van der Waals surface area contributed by atoms with Crippen molar-refractivity contribution in [3.05, 3.63) is 0 Å². The first-order chi connectivity index (χ1) is 5.59. The van der Waals surface area contributed by atoms with Crippen LogP contribution < -0.4 is 5.73 Å². The molecule has 10 heavy (non-hydrogen) atoms. The van der Waals surface area contributed by atoms with Crippen LogP contribution in [0.15, 0.2) is 0 Å². The molecule has 0 spiro atoms. The van der Waals surface area contributed by atoms with E-state index in [0.717, 1.165) is 0 Å². The lowest BCUT2D eigenvalue weighted by atomic mass is 10.2. The molecule has 0 fully saturated rings. The van der Waals surface area contributed by atoms with Gasteiger partial charge in [-0.05, 0) is 6.42 Å². The summed E-state index contributed by atoms with van der Waals surface area (Å²) in [7, 11) is 0. The molecule has 0 aliphatic rings. The van der Waals surface area contributed by atoms with E-state index in [1.54, 1.807) is 0 Å². The lowest BCUT2D eigenvalue weighted by molar-refractivity contribution is -0.139. The molecule has 5 nitrogen and oxygen atoms in total. The maximum Gasteiger partial charge on any atom is 0.320 e. The summed E-state index contributed by atoms with van der Waals surface area (Å²) in [5.41, 5.74) is 4.85. The van der Waals surface area contributed by atoms with Crippen LogP contribution in [0.25, 0.3) is 0 Å². The normalized spacial score (nSPS) is 21.5. The molecule has 0 rings (SSSR count). The first-order valence-corrected chi connectivity index (χ1v) is 2.35. The topological polar surface area (TPSA) is 101 Å². The number of hydrogen-bond acceptors (Lipinski definition) is 3. The average molecular weight is 150 g/mol. The highest BCUT2D eigenvalue weighted by atomic mass is 16.4. The maximum atomic E-state index is 10.2. The molecule has 0 unspecified atom stereocenters. The number of hydrogen-bond donors (Lipinski definition) is 3. The van der Waals surface area contributed by atoms with Crippen LogP contribution in [0, 0.1) is 0 Å². The molecule has 0 aromatic heterocycles. The summed E-state index contributed by atoms with van der Waals surface area (Å²) in [4.78, 5) is 20.5. The molecule has 0 saturated heterocycles. The molecule has 0 aliphatic carbocycles. The Morgan fingerprint density at radius 3 is 2.50 bits per heavy atom. The van der Waals surface area contributed by atoms with Gasteiger partial charge in [0, 0.05) is 9.11 Å². The molecule has 0 aromatic carbocycles. The number of carboxylic acids is 2. The van der Waals surface area contributed by atoms with Gasteiger partial charge in [0.15, 0.2) is 0 Å². The minimum atomic E-state index is -2.81. The SMILES string of the molecule is [2H]C([2H])(C[C@]([2H])(N)C(=O)O)C(=O)O. The summed E-state index contributed by atoms with van der Waals surface area (Å²) in [6.45, 7) is 0. The van der Waals surface area contributed by atoms with Crippen molar-refractivity contribution in [3.63, 3.8) is 0 Å². The Balaban J connectivity index is 4.61. The van der Waals surface area contributed by atoms with Gasteiger partial charge in [0.05, 0.1) is 1.37 Å². The molecule has 0 bridgehead atoms. The molecular weight excluding hydrogens is 138 g/mol. The Bertz CT molecular complexity index is 216. The Kier molecular flexibility index (Phi) is 1.79. The van der Waals surface area contributed by atoms with Crippen LogP contribution in [0.2, 0.25) is 0 Å².